The van der Waals surface area contributed by atoms with Crippen molar-refractivity contribution in [1.82, 2.24) is 20.2 Å². The number of carbonyl (C=O) groups is 1. The highest BCUT2D eigenvalue weighted by Crippen LogP contribution is 2.30. The van der Waals surface area contributed by atoms with Crippen LogP contribution in [0.3, 0.4) is 0 Å². The van der Waals surface area contributed by atoms with Crippen LogP contribution in [-0.4, -0.2) is 54.0 Å². The molecule has 190 valence electrons. The molecule has 0 saturated carbocycles. The Labute approximate surface area is 223 Å². The van der Waals surface area contributed by atoms with Crippen LogP contribution < -0.4 is 10.6 Å². The zero-order chi connectivity index (χ0) is 25.6. The Morgan fingerprint density at radius 1 is 1.00 bits per heavy atom. The highest BCUT2D eigenvalue weighted by atomic mass is 35.5. The molecule has 0 aliphatic carbocycles. The smallest absolute Gasteiger partial charge is 0.251 e. The number of nitrogens with zero attached hydrogens (tertiary/aromatic N) is 3. The SMILES string of the molecule is CNC(=O)c1cccc(C2CCN(CCCNc3nc(-c4ccc(Cl)cc4)c4ccccc4n3)CC2)c1. The number of likely N-dealkylation sites (tertiary alicyclic amines) is 1. The number of carbonyl (C=O) groups excluding carboxylic acids is 1. The lowest BCUT2D eigenvalue weighted by Crippen LogP contribution is -2.34. The zero-order valence-corrected chi connectivity index (χ0v) is 21.8. The van der Waals surface area contributed by atoms with E-state index in [2.05, 4.69) is 27.7 Å². The van der Waals surface area contributed by atoms with Gasteiger partial charge in [0.2, 0.25) is 5.95 Å². The number of para-hydroxylation sites is 1. The van der Waals surface area contributed by atoms with Gasteiger partial charge in [-0.05, 0) is 80.7 Å². The van der Waals surface area contributed by atoms with Crippen LogP contribution in [0.2, 0.25) is 5.02 Å². The van der Waals surface area contributed by atoms with E-state index < -0.39 is 0 Å². The topological polar surface area (TPSA) is 70.2 Å². The van der Waals surface area contributed by atoms with Crippen LogP contribution in [0, 0.1) is 0 Å². The molecule has 1 fully saturated rings. The summed E-state index contributed by atoms with van der Waals surface area (Å²) in [5.74, 6) is 1.14. The minimum Gasteiger partial charge on any atom is -0.355 e. The third-order valence-corrected chi connectivity index (χ3v) is 7.34. The third kappa shape index (κ3) is 6.09. The number of aromatic nitrogens is 2. The van der Waals surface area contributed by atoms with E-state index in [1.165, 1.54) is 5.56 Å². The van der Waals surface area contributed by atoms with Gasteiger partial charge in [0, 0.05) is 35.1 Å². The van der Waals surface area contributed by atoms with Gasteiger partial charge in [0.25, 0.3) is 5.91 Å². The lowest BCUT2D eigenvalue weighted by atomic mass is 9.88. The average Bonchev–Trinajstić information content (AvgIpc) is 2.95. The maximum Gasteiger partial charge on any atom is 0.251 e. The minimum absolute atomic E-state index is 0.0255. The number of nitrogens with one attached hydrogen (secondary N) is 2. The summed E-state index contributed by atoms with van der Waals surface area (Å²) in [6, 6.07) is 23.9. The highest BCUT2D eigenvalue weighted by Gasteiger charge is 2.21. The van der Waals surface area contributed by atoms with Gasteiger partial charge in [-0.3, -0.25) is 4.79 Å². The standard InChI is InChI=1S/C30H32ClN5O/c1-32-29(37)24-7-4-6-23(20-24)21-14-18-36(19-15-21)17-5-16-33-30-34-27-9-3-2-8-26(27)28(35-30)22-10-12-25(31)13-11-22/h2-4,6-13,20-21H,5,14-19H2,1H3,(H,32,37)(H,33,34,35). The van der Waals surface area contributed by atoms with E-state index in [0.29, 0.717) is 16.9 Å². The molecule has 1 aliphatic heterocycles. The molecule has 5 rings (SSSR count). The molecule has 1 saturated heterocycles. The van der Waals surface area contributed by atoms with Crippen LogP contribution in [0.4, 0.5) is 5.95 Å². The van der Waals surface area contributed by atoms with E-state index in [1.807, 2.05) is 60.7 Å². The van der Waals surface area contributed by atoms with Crippen molar-refractivity contribution >= 4 is 34.4 Å². The van der Waals surface area contributed by atoms with E-state index in [1.54, 1.807) is 7.05 Å². The summed E-state index contributed by atoms with van der Waals surface area (Å²) in [5, 5.41) is 7.89. The van der Waals surface area contributed by atoms with Gasteiger partial charge >= 0.3 is 0 Å². The van der Waals surface area contributed by atoms with Gasteiger partial charge in [0.1, 0.15) is 0 Å². The molecule has 4 aromatic rings. The number of anilines is 1. The van der Waals surface area contributed by atoms with E-state index >= 15 is 0 Å². The monoisotopic (exact) mass is 513 g/mol. The van der Waals surface area contributed by atoms with E-state index in [4.69, 9.17) is 21.6 Å². The summed E-state index contributed by atoms with van der Waals surface area (Å²) in [7, 11) is 1.67. The second kappa shape index (κ2) is 11.7. The lowest BCUT2D eigenvalue weighted by molar-refractivity contribution is 0.0963. The molecular weight excluding hydrogens is 482 g/mol. The predicted molar refractivity (Wildman–Crippen MR) is 151 cm³/mol. The van der Waals surface area contributed by atoms with Crippen LogP contribution >= 0.6 is 11.6 Å². The Morgan fingerprint density at radius 2 is 1.78 bits per heavy atom. The van der Waals surface area contributed by atoms with Crippen LogP contribution in [0.25, 0.3) is 22.2 Å². The summed E-state index contributed by atoms with van der Waals surface area (Å²) >= 11 is 6.10. The number of amides is 1. The molecule has 0 atom stereocenters. The van der Waals surface area contributed by atoms with Gasteiger partial charge < -0.3 is 15.5 Å². The van der Waals surface area contributed by atoms with Crippen molar-refractivity contribution < 1.29 is 4.79 Å². The Morgan fingerprint density at radius 3 is 2.57 bits per heavy atom. The third-order valence-electron chi connectivity index (χ3n) is 7.09. The van der Waals surface area contributed by atoms with Gasteiger partial charge in [-0.15, -0.1) is 0 Å². The molecule has 2 heterocycles. The maximum absolute atomic E-state index is 12.0. The highest BCUT2D eigenvalue weighted by molar-refractivity contribution is 6.30. The van der Waals surface area contributed by atoms with Gasteiger partial charge in [0.15, 0.2) is 0 Å². The van der Waals surface area contributed by atoms with Crippen molar-refractivity contribution in [2.24, 2.45) is 0 Å². The van der Waals surface area contributed by atoms with Crippen molar-refractivity contribution in [2.45, 2.75) is 25.2 Å². The quantitative estimate of drug-likeness (QED) is 0.283. The number of hydrogen-bond donors (Lipinski definition) is 2. The summed E-state index contributed by atoms with van der Waals surface area (Å²) < 4.78 is 0. The van der Waals surface area contributed by atoms with Gasteiger partial charge in [-0.25, -0.2) is 9.97 Å². The minimum atomic E-state index is -0.0255. The second-order valence-electron chi connectivity index (χ2n) is 9.52. The molecule has 3 aromatic carbocycles. The van der Waals surface area contributed by atoms with Crippen molar-refractivity contribution in [3.63, 3.8) is 0 Å². The number of rotatable bonds is 8. The normalized spacial score (nSPS) is 14.5. The Hall–Kier alpha value is -3.48. The number of hydrogen-bond acceptors (Lipinski definition) is 5. The van der Waals surface area contributed by atoms with E-state index in [-0.39, 0.29) is 5.91 Å². The van der Waals surface area contributed by atoms with Gasteiger partial charge in [0.05, 0.1) is 11.2 Å². The second-order valence-corrected chi connectivity index (χ2v) is 9.96. The van der Waals surface area contributed by atoms with Crippen molar-refractivity contribution in [3.8, 4) is 11.3 Å². The first-order chi connectivity index (χ1) is 18.1. The predicted octanol–water partition coefficient (Wildman–Crippen LogP) is 5.99. The molecular formula is C30H32ClN5O. The van der Waals surface area contributed by atoms with Crippen LogP contribution in [0.15, 0.2) is 72.8 Å². The van der Waals surface area contributed by atoms with Crippen LogP contribution in [0.5, 0.6) is 0 Å². The molecule has 2 N–H and O–H groups in total. The number of benzene rings is 3. The molecule has 1 aliphatic rings. The first kappa shape index (κ1) is 25.2. The fourth-order valence-electron chi connectivity index (χ4n) is 5.05. The number of halogens is 1. The fraction of sp³-hybridized carbons (Fsp3) is 0.300. The van der Waals surface area contributed by atoms with Gasteiger partial charge in [-0.1, -0.05) is 54.1 Å². The zero-order valence-electron chi connectivity index (χ0n) is 21.1. The van der Waals surface area contributed by atoms with Crippen molar-refractivity contribution in [2.75, 3.05) is 38.5 Å². The summed E-state index contributed by atoms with van der Waals surface area (Å²) in [5.41, 5.74) is 4.87. The number of piperidine rings is 1. The molecule has 1 amide bonds. The molecule has 0 unspecified atom stereocenters. The summed E-state index contributed by atoms with van der Waals surface area (Å²) in [6.45, 7) is 3.99. The summed E-state index contributed by atoms with van der Waals surface area (Å²) in [6.07, 6.45) is 3.25. The van der Waals surface area contributed by atoms with Crippen molar-refractivity contribution in [1.29, 1.82) is 0 Å². The molecule has 0 bridgehead atoms. The Balaban J connectivity index is 1.15. The molecule has 7 heteroatoms. The number of fused-ring (bicyclic) bond motifs is 1. The first-order valence-electron chi connectivity index (χ1n) is 12.9. The molecule has 0 spiro atoms. The summed E-state index contributed by atoms with van der Waals surface area (Å²) in [4.78, 5) is 24.1. The van der Waals surface area contributed by atoms with Crippen LogP contribution in [-0.2, 0) is 0 Å². The molecule has 6 nitrogen and oxygen atoms in total. The molecule has 37 heavy (non-hydrogen) atoms. The first-order valence-corrected chi connectivity index (χ1v) is 13.3. The largest absolute Gasteiger partial charge is 0.355 e. The van der Waals surface area contributed by atoms with E-state index in [0.717, 1.165) is 73.2 Å². The maximum atomic E-state index is 12.0. The molecule has 0 radical (unpaired) electrons. The Kier molecular flexibility index (Phi) is 7.97. The fourth-order valence-corrected chi connectivity index (χ4v) is 5.18. The van der Waals surface area contributed by atoms with Crippen molar-refractivity contribution in [3.05, 3.63) is 88.9 Å². The van der Waals surface area contributed by atoms with Crippen LogP contribution in [0.1, 0.15) is 41.1 Å². The average molecular weight is 514 g/mol. The van der Waals surface area contributed by atoms with Gasteiger partial charge in [-0.2, -0.15) is 0 Å². The lowest BCUT2D eigenvalue weighted by Gasteiger charge is -2.32. The Bertz CT molecular complexity index is 1370. The molecule has 1 aromatic heterocycles. The van der Waals surface area contributed by atoms with E-state index in [9.17, 15) is 4.79 Å².